The van der Waals surface area contributed by atoms with Crippen LogP contribution in [0.1, 0.15) is 5.56 Å². The van der Waals surface area contributed by atoms with Crippen LogP contribution in [-0.2, 0) is 6.54 Å². The summed E-state index contributed by atoms with van der Waals surface area (Å²) in [5, 5.41) is 0. The lowest BCUT2D eigenvalue weighted by atomic mass is 10.2. The minimum absolute atomic E-state index is 0.774. The summed E-state index contributed by atoms with van der Waals surface area (Å²) in [5.74, 6) is 0. The van der Waals surface area contributed by atoms with Gasteiger partial charge in [-0.15, -0.1) is 0 Å². The summed E-state index contributed by atoms with van der Waals surface area (Å²) >= 11 is 4.97. The van der Waals surface area contributed by atoms with Crippen LogP contribution in [0.25, 0.3) is 0 Å². The van der Waals surface area contributed by atoms with Gasteiger partial charge < -0.3 is 4.90 Å². The Balaban J connectivity index is 2.00. The zero-order chi connectivity index (χ0) is 9.10. The molecule has 2 nitrogen and oxygen atoms in total. The van der Waals surface area contributed by atoms with Gasteiger partial charge in [0.25, 0.3) is 0 Å². The zero-order valence-electron chi connectivity index (χ0n) is 7.18. The van der Waals surface area contributed by atoms with Crippen LogP contribution in [0.5, 0.6) is 0 Å². The van der Waals surface area contributed by atoms with Crippen molar-refractivity contribution in [1.29, 1.82) is 0 Å². The second kappa shape index (κ2) is 3.66. The molecule has 0 spiro atoms. The summed E-state index contributed by atoms with van der Waals surface area (Å²) in [5.41, 5.74) is 1.29. The first kappa shape index (κ1) is 8.38. The van der Waals surface area contributed by atoms with E-state index in [9.17, 15) is 0 Å². The molecule has 13 heavy (non-hydrogen) atoms. The molecular formula is C10H10N2S. The lowest BCUT2D eigenvalue weighted by molar-refractivity contribution is 0.496. The van der Waals surface area contributed by atoms with E-state index in [1.807, 2.05) is 24.5 Å². The first-order valence-electron chi connectivity index (χ1n) is 4.19. The molecule has 0 radical (unpaired) electrons. The summed E-state index contributed by atoms with van der Waals surface area (Å²) in [4.78, 5) is 6.93. The van der Waals surface area contributed by atoms with E-state index >= 15 is 0 Å². The maximum absolute atomic E-state index is 4.97. The van der Waals surface area contributed by atoms with E-state index in [2.05, 4.69) is 22.0 Å². The predicted molar refractivity (Wildman–Crippen MR) is 57.9 cm³/mol. The highest BCUT2D eigenvalue weighted by Gasteiger charge is 2.09. The Kier molecular flexibility index (Phi) is 2.36. The first-order chi connectivity index (χ1) is 6.34. The number of hydrogen-bond donors (Lipinski definition) is 0. The topological polar surface area (TPSA) is 15.6 Å². The van der Waals surface area contributed by atoms with Gasteiger partial charge in [0.05, 0.1) is 12.9 Å². The van der Waals surface area contributed by atoms with E-state index in [1.54, 1.807) is 0 Å². The van der Waals surface area contributed by atoms with Gasteiger partial charge in [-0.1, -0.05) is 42.5 Å². The Bertz CT molecular complexity index is 332. The number of thiocarbonyl (C=S) groups is 1. The minimum Gasteiger partial charge on any atom is -0.351 e. The molecule has 1 aromatic carbocycles. The molecule has 0 N–H and O–H groups in total. The number of benzene rings is 1. The van der Waals surface area contributed by atoms with Gasteiger partial charge in [0, 0.05) is 6.54 Å². The fourth-order valence-electron chi connectivity index (χ4n) is 1.32. The van der Waals surface area contributed by atoms with Gasteiger partial charge in [-0.25, -0.2) is 4.99 Å². The van der Waals surface area contributed by atoms with E-state index in [0.717, 1.165) is 18.1 Å². The molecule has 0 atom stereocenters. The highest BCUT2D eigenvalue weighted by atomic mass is 32.1. The van der Waals surface area contributed by atoms with Gasteiger partial charge in [-0.2, -0.15) is 0 Å². The molecule has 1 heterocycles. The van der Waals surface area contributed by atoms with Crippen molar-refractivity contribution in [1.82, 2.24) is 4.90 Å². The molecule has 0 unspecified atom stereocenters. The van der Waals surface area contributed by atoms with E-state index in [-0.39, 0.29) is 0 Å². The first-order valence-corrected chi connectivity index (χ1v) is 4.60. The van der Waals surface area contributed by atoms with Gasteiger partial charge in [-0.05, 0) is 5.56 Å². The lowest BCUT2D eigenvalue weighted by Crippen LogP contribution is -2.19. The maximum Gasteiger partial charge on any atom is 0.124 e. The molecular weight excluding hydrogens is 180 g/mol. The fraction of sp³-hybridized carbons (Fsp3) is 0.200. The van der Waals surface area contributed by atoms with Crippen molar-refractivity contribution in [3.63, 3.8) is 0 Å². The Morgan fingerprint density at radius 1 is 1.31 bits per heavy atom. The number of rotatable bonds is 2. The van der Waals surface area contributed by atoms with E-state index in [1.165, 1.54) is 5.56 Å². The Morgan fingerprint density at radius 2 is 2.08 bits per heavy atom. The van der Waals surface area contributed by atoms with Crippen molar-refractivity contribution >= 4 is 23.5 Å². The van der Waals surface area contributed by atoms with E-state index in [4.69, 9.17) is 12.2 Å². The smallest absolute Gasteiger partial charge is 0.124 e. The van der Waals surface area contributed by atoms with Crippen molar-refractivity contribution in [2.75, 3.05) is 6.54 Å². The van der Waals surface area contributed by atoms with Crippen LogP contribution in [-0.4, -0.2) is 22.8 Å². The molecule has 1 aliphatic heterocycles. The molecule has 1 aliphatic rings. The van der Waals surface area contributed by atoms with Crippen molar-refractivity contribution < 1.29 is 0 Å². The van der Waals surface area contributed by atoms with Crippen LogP contribution in [0.15, 0.2) is 35.3 Å². The number of nitrogens with zero attached hydrogens (tertiary/aromatic N) is 2. The summed E-state index contributed by atoms with van der Waals surface area (Å²) in [7, 11) is 0. The van der Waals surface area contributed by atoms with E-state index < -0.39 is 0 Å². The van der Waals surface area contributed by atoms with Crippen LogP contribution in [0.3, 0.4) is 0 Å². The molecule has 66 valence electrons. The molecule has 2 rings (SSSR count). The third-order valence-corrected chi connectivity index (χ3v) is 2.17. The van der Waals surface area contributed by atoms with Gasteiger partial charge in [0.15, 0.2) is 0 Å². The quantitative estimate of drug-likeness (QED) is 0.661. The average molecular weight is 190 g/mol. The minimum atomic E-state index is 0.774. The van der Waals surface area contributed by atoms with E-state index in [0.29, 0.717) is 0 Å². The Hall–Kier alpha value is -1.22. The summed E-state index contributed by atoms with van der Waals surface area (Å²) < 4.78 is 0. The second-order valence-corrected chi connectivity index (χ2v) is 3.50. The van der Waals surface area contributed by atoms with Gasteiger partial charge in [0.1, 0.15) is 4.99 Å². The predicted octanol–water partition coefficient (Wildman–Crippen LogP) is 1.86. The molecule has 0 fully saturated rings. The Morgan fingerprint density at radius 3 is 2.69 bits per heavy atom. The van der Waals surface area contributed by atoms with Gasteiger partial charge >= 0.3 is 0 Å². The highest BCUT2D eigenvalue weighted by Crippen LogP contribution is 2.06. The fourth-order valence-corrected chi connectivity index (χ4v) is 1.53. The van der Waals surface area contributed by atoms with Crippen molar-refractivity contribution in [3.8, 4) is 0 Å². The largest absolute Gasteiger partial charge is 0.351 e. The van der Waals surface area contributed by atoms with Crippen molar-refractivity contribution in [3.05, 3.63) is 35.9 Å². The van der Waals surface area contributed by atoms with Crippen LogP contribution in [0, 0.1) is 0 Å². The Labute approximate surface area is 82.9 Å². The number of hydrogen-bond acceptors (Lipinski definition) is 2. The number of aliphatic imine (C=N–C) groups is 1. The molecule has 0 aromatic heterocycles. The summed E-state index contributed by atoms with van der Waals surface area (Å²) in [6, 6.07) is 10.3. The molecule has 0 aliphatic carbocycles. The monoisotopic (exact) mass is 190 g/mol. The van der Waals surface area contributed by atoms with Gasteiger partial charge in [-0.3, -0.25) is 0 Å². The SMILES string of the molecule is S=C1CN(Cc2ccccc2)C=N1. The molecule has 1 aromatic rings. The van der Waals surface area contributed by atoms with Crippen LogP contribution in [0.4, 0.5) is 0 Å². The standard InChI is InChI=1S/C10H10N2S/c13-10-7-12(8-11-10)6-9-4-2-1-3-5-9/h1-5,8H,6-7H2. The average Bonchev–Trinajstić information content (AvgIpc) is 2.53. The summed E-state index contributed by atoms with van der Waals surface area (Å²) in [6.07, 6.45) is 1.81. The second-order valence-electron chi connectivity index (χ2n) is 3.03. The maximum atomic E-state index is 4.97. The molecule has 3 heteroatoms. The van der Waals surface area contributed by atoms with Crippen molar-refractivity contribution in [2.45, 2.75) is 6.54 Å². The third kappa shape index (κ3) is 2.12. The molecule has 0 amide bonds. The molecule has 0 saturated carbocycles. The van der Waals surface area contributed by atoms with Crippen LogP contribution in [0.2, 0.25) is 0 Å². The molecule has 0 bridgehead atoms. The van der Waals surface area contributed by atoms with Gasteiger partial charge in [0.2, 0.25) is 0 Å². The van der Waals surface area contributed by atoms with Crippen LogP contribution < -0.4 is 0 Å². The molecule has 0 saturated heterocycles. The van der Waals surface area contributed by atoms with Crippen molar-refractivity contribution in [2.24, 2.45) is 4.99 Å². The third-order valence-electron chi connectivity index (χ3n) is 1.93. The highest BCUT2D eigenvalue weighted by molar-refractivity contribution is 7.80. The lowest BCUT2D eigenvalue weighted by Gasteiger charge is -2.12. The normalized spacial score (nSPS) is 15.4. The van der Waals surface area contributed by atoms with Crippen LogP contribution >= 0.6 is 12.2 Å². The zero-order valence-corrected chi connectivity index (χ0v) is 8.00. The summed E-state index contributed by atoms with van der Waals surface area (Å²) in [6.45, 7) is 1.68.